The van der Waals surface area contributed by atoms with Crippen molar-refractivity contribution in [1.82, 2.24) is 15.6 Å². The van der Waals surface area contributed by atoms with Crippen LogP contribution in [0.2, 0.25) is 5.02 Å². The molecule has 3 aromatic rings. The minimum atomic E-state index is -5.04. The molecule has 0 saturated carbocycles. The van der Waals surface area contributed by atoms with E-state index < -0.39 is 46.7 Å². The maximum atomic E-state index is 14.2. The molecule has 0 saturated heterocycles. The number of pyridine rings is 1. The fraction of sp³-hybridized carbons (Fsp3) is 0.280. The third kappa shape index (κ3) is 6.29. The monoisotopic (exact) mass is 529 g/mol. The largest absolute Gasteiger partial charge is 0.416 e. The zero-order valence-electron chi connectivity index (χ0n) is 19.1. The number of hydrogen-bond acceptors (Lipinski definition) is 2. The molecule has 1 atom stereocenters. The number of benzene rings is 2. The molecule has 36 heavy (non-hydrogen) atoms. The van der Waals surface area contributed by atoms with Crippen molar-refractivity contribution in [3.63, 3.8) is 0 Å². The van der Waals surface area contributed by atoms with Crippen LogP contribution in [0.4, 0.5) is 31.1 Å². The zero-order chi connectivity index (χ0) is 26.7. The van der Waals surface area contributed by atoms with E-state index in [9.17, 15) is 31.1 Å². The van der Waals surface area contributed by atoms with Gasteiger partial charge in [0.1, 0.15) is 5.54 Å². The van der Waals surface area contributed by atoms with Crippen LogP contribution < -0.4 is 10.6 Å². The highest BCUT2D eigenvalue weighted by molar-refractivity contribution is 6.30. The molecule has 0 spiro atoms. The summed E-state index contributed by atoms with van der Waals surface area (Å²) in [6, 6.07) is 10.6. The second kappa shape index (κ2) is 10.4. The number of nitrogens with zero attached hydrogens (tertiary/aromatic N) is 1. The smallest absolute Gasteiger partial charge is 0.336 e. The van der Waals surface area contributed by atoms with Gasteiger partial charge in [0.15, 0.2) is 0 Å². The molecule has 0 bridgehead atoms. The molecule has 1 aromatic heterocycles. The van der Waals surface area contributed by atoms with E-state index in [1.165, 1.54) is 12.1 Å². The average molecular weight is 530 g/mol. The molecule has 0 fully saturated rings. The van der Waals surface area contributed by atoms with Crippen molar-refractivity contribution in [1.29, 1.82) is 0 Å². The third-order valence-electron chi connectivity index (χ3n) is 5.34. The Bertz CT molecular complexity index is 1200. The van der Waals surface area contributed by atoms with Gasteiger partial charge < -0.3 is 10.6 Å². The van der Waals surface area contributed by atoms with Crippen molar-refractivity contribution in [3.8, 4) is 0 Å². The number of carbonyl (C=O) groups excluding carboxylic acids is 1. The number of rotatable bonds is 6. The fourth-order valence-electron chi connectivity index (χ4n) is 3.84. The van der Waals surface area contributed by atoms with Gasteiger partial charge in [0.05, 0.1) is 21.8 Å². The van der Waals surface area contributed by atoms with Crippen LogP contribution in [0.15, 0.2) is 66.9 Å². The molecule has 0 aliphatic carbocycles. The van der Waals surface area contributed by atoms with Gasteiger partial charge in [-0.05, 0) is 55.3 Å². The van der Waals surface area contributed by atoms with Crippen molar-refractivity contribution >= 4 is 17.6 Å². The number of hydrogen-bond donors (Lipinski definition) is 2. The maximum Gasteiger partial charge on any atom is 0.416 e. The Hall–Kier alpha value is -3.27. The quantitative estimate of drug-likeness (QED) is 0.339. The molecular formula is C25H22ClF6N3O. The first-order valence-corrected chi connectivity index (χ1v) is 11.1. The molecule has 2 amide bonds. The normalized spacial score (nSPS) is 13.8. The molecule has 11 heteroatoms. The number of alkyl halides is 6. The summed E-state index contributed by atoms with van der Waals surface area (Å²) < 4.78 is 83.7. The van der Waals surface area contributed by atoms with Gasteiger partial charge in [-0.15, -0.1) is 0 Å². The molecule has 2 aromatic carbocycles. The lowest BCUT2D eigenvalue weighted by Gasteiger charge is -2.37. The molecule has 2 N–H and O–H groups in total. The number of nitrogens with one attached hydrogen (secondary N) is 2. The Morgan fingerprint density at radius 3 is 2.11 bits per heavy atom. The number of halogens is 7. The van der Waals surface area contributed by atoms with E-state index in [1.54, 1.807) is 44.2 Å². The van der Waals surface area contributed by atoms with Crippen molar-refractivity contribution < 1.29 is 31.1 Å². The summed E-state index contributed by atoms with van der Waals surface area (Å²) in [5.74, 6) is 0. The third-order valence-corrected chi connectivity index (χ3v) is 5.56. The number of aromatic nitrogens is 1. The Morgan fingerprint density at radius 2 is 1.58 bits per heavy atom. The predicted molar refractivity (Wildman–Crippen MR) is 123 cm³/mol. The van der Waals surface area contributed by atoms with E-state index in [1.807, 2.05) is 0 Å². The highest BCUT2D eigenvalue weighted by Gasteiger charge is 2.46. The fourth-order valence-corrected chi connectivity index (χ4v) is 3.95. The van der Waals surface area contributed by atoms with Crippen LogP contribution in [0.5, 0.6) is 0 Å². The molecule has 0 aliphatic heterocycles. The molecule has 3 rings (SSSR count). The first-order chi connectivity index (χ1) is 16.7. The summed E-state index contributed by atoms with van der Waals surface area (Å²) in [6.07, 6.45) is -9.16. The van der Waals surface area contributed by atoms with Crippen LogP contribution in [0.25, 0.3) is 0 Å². The van der Waals surface area contributed by atoms with Gasteiger partial charge in [0.25, 0.3) is 0 Å². The van der Waals surface area contributed by atoms with Crippen LogP contribution in [0, 0.1) is 0 Å². The van der Waals surface area contributed by atoms with Crippen LogP contribution in [0.1, 0.15) is 41.8 Å². The van der Waals surface area contributed by atoms with Gasteiger partial charge in [0, 0.05) is 18.7 Å². The summed E-state index contributed by atoms with van der Waals surface area (Å²) in [7, 11) is 0. The molecule has 0 unspecified atom stereocenters. The maximum absolute atomic E-state index is 14.2. The summed E-state index contributed by atoms with van der Waals surface area (Å²) in [4.78, 5) is 17.1. The molecule has 0 radical (unpaired) electrons. The van der Waals surface area contributed by atoms with Crippen LogP contribution in [0.3, 0.4) is 0 Å². The van der Waals surface area contributed by atoms with Crippen molar-refractivity contribution in [2.24, 2.45) is 0 Å². The lowest BCUT2D eigenvalue weighted by atomic mass is 9.77. The number of carbonyl (C=O) groups is 1. The summed E-state index contributed by atoms with van der Waals surface area (Å²) in [5, 5.41) is 5.21. The van der Waals surface area contributed by atoms with E-state index in [0.717, 1.165) is 6.20 Å². The van der Waals surface area contributed by atoms with Gasteiger partial charge in [-0.3, -0.25) is 4.98 Å². The van der Waals surface area contributed by atoms with Gasteiger partial charge in [-0.25, -0.2) is 4.79 Å². The minimum Gasteiger partial charge on any atom is -0.336 e. The van der Waals surface area contributed by atoms with E-state index in [0.29, 0.717) is 23.8 Å². The SMILES string of the molecule is CC(C)NC(=O)N[C@](Cc1ccccc1)(c1ccc(Cl)cn1)c1cc(C(F)(F)F)ccc1C(F)(F)F. The van der Waals surface area contributed by atoms with Crippen LogP contribution in [-0.4, -0.2) is 17.1 Å². The van der Waals surface area contributed by atoms with Crippen LogP contribution in [-0.2, 0) is 24.3 Å². The standard InChI is InChI=1S/C25H22ClF6N3O/c1-15(2)34-22(36)35-23(13-16-6-4-3-5-7-16,21-11-9-18(26)14-33-21)20-12-17(24(27,28)29)8-10-19(20)25(30,31)32/h3-12,14-15H,13H2,1-2H3,(H2,34,35,36)/t23-/m0/s1. The molecule has 4 nitrogen and oxygen atoms in total. The zero-order valence-corrected chi connectivity index (χ0v) is 19.9. The molecular weight excluding hydrogens is 508 g/mol. The van der Waals surface area contributed by atoms with Gasteiger partial charge >= 0.3 is 18.4 Å². The first-order valence-electron chi connectivity index (χ1n) is 10.8. The van der Waals surface area contributed by atoms with Crippen molar-refractivity contribution in [2.75, 3.05) is 0 Å². The second-order valence-electron chi connectivity index (χ2n) is 8.44. The highest BCUT2D eigenvalue weighted by atomic mass is 35.5. The lowest BCUT2D eigenvalue weighted by molar-refractivity contribution is -0.142. The topological polar surface area (TPSA) is 54.0 Å². The van der Waals surface area contributed by atoms with Gasteiger partial charge in [-0.2, -0.15) is 26.3 Å². The first kappa shape index (κ1) is 27.3. The van der Waals surface area contributed by atoms with Crippen LogP contribution >= 0.6 is 11.6 Å². The molecule has 192 valence electrons. The Kier molecular flexibility index (Phi) is 7.88. The average Bonchev–Trinajstić information content (AvgIpc) is 2.77. The Morgan fingerprint density at radius 1 is 0.917 bits per heavy atom. The predicted octanol–water partition coefficient (Wildman–Crippen LogP) is 6.97. The van der Waals surface area contributed by atoms with E-state index in [4.69, 9.17) is 11.6 Å². The summed E-state index contributed by atoms with van der Waals surface area (Å²) in [5.41, 5.74) is -5.28. The van der Waals surface area contributed by atoms with Gasteiger partial charge in [-0.1, -0.05) is 41.9 Å². The Labute approximate surface area is 208 Å². The van der Waals surface area contributed by atoms with Gasteiger partial charge in [0.2, 0.25) is 0 Å². The minimum absolute atomic E-state index is 0.125. The van der Waals surface area contributed by atoms with E-state index in [2.05, 4.69) is 15.6 Å². The number of urea groups is 1. The van der Waals surface area contributed by atoms with E-state index in [-0.39, 0.29) is 17.1 Å². The molecule has 0 aliphatic rings. The Balaban J connectivity index is 2.42. The van der Waals surface area contributed by atoms with Crippen molar-refractivity contribution in [2.45, 2.75) is 44.2 Å². The number of amides is 2. The van der Waals surface area contributed by atoms with E-state index >= 15 is 0 Å². The highest BCUT2D eigenvalue weighted by Crippen LogP contribution is 2.44. The summed E-state index contributed by atoms with van der Waals surface area (Å²) >= 11 is 5.94. The van der Waals surface area contributed by atoms with Crippen molar-refractivity contribution in [3.05, 3.63) is 99.8 Å². The second-order valence-corrected chi connectivity index (χ2v) is 8.87. The molecule has 1 heterocycles. The lowest BCUT2D eigenvalue weighted by Crippen LogP contribution is -2.54. The summed E-state index contributed by atoms with van der Waals surface area (Å²) in [6.45, 7) is 3.26.